The Bertz CT molecular complexity index is 182. The van der Waals surface area contributed by atoms with Gasteiger partial charge in [0.1, 0.15) is 0 Å². The number of rotatable bonds is 5. The Kier molecular flexibility index (Phi) is 4.84. The summed E-state index contributed by atoms with van der Waals surface area (Å²) in [6.45, 7) is 4.70. The first-order valence-electron chi connectivity index (χ1n) is 5.34. The number of unbranched alkanes of at least 4 members (excludes halogenated alkanes) is 1. The summed E-state index contributed by atoms with van der Waals surface area (Å²) < 4.78 is 0. The van der Waals surface area contributed by atoms with E-state index in [2.05, 4.69) is 43.2 Å². The molecule has 0 radical (unpaired) electrons. The fourth-order valence-electron chi connectivity index (χ4n) is 1.69. The molecule has 0 heterocycles. The van der Waals surface area contributed by atoms with Crippen LogP contribution in [0.15, 0.2) is 24.3 Å². The Hall–Kier alpha value is -0.560. The molecule has 0 aromatic carbocycles. The minimum absolute atomic E-state index is 0.742. The van der Waals surface area contributed by atoms with Crippen molar-refractivity contribution in [2.45, 2.75) is 26.2 Å². The molecule has 0 saturated heterocycles. The zero-order chi connectivity index (χ0) is 9.52. The van der Waals surface area contributed by atoms with Gasteiger partial charge in [0.25, 0.3) is 0 Å². The first kappa shape index (κ1) is 10.5. The predicted molar refractivity (Wildman–Crippen MR) is 58.8 cm³/mol. The lowest BCUT2D eigenvalue weighted by molar-refractivity contribution is 0.295. The van der Waals surface area contributed by atoms with E-state index in [1.54, 1.807) is 0 Å². The molecule has 1 atom stereocenters. The van der Waals surface area contributed by atoms with Crippen molar-refractivity contribution in [1.29, 1.82) is 0 Å². The SMILES string of the molecule is CCCCN(C)CC1C=CC=CC1. The number of hydrogen-bond donors (Lipinski definition) is 0. The maximum absolute atomic E-state index is 2.44. The zero-order valence-corrected chi connectivity index (χ0v) is 8.87. The summed E-state index contributed by atoms with van der Waals surface area (Å²) in [6, 6.07) is 0. The highest BCUT2D eigenvalue weighted by Crippen LogP contribution is 2.12. The molecule has 0 amide bonds. The molecular formula is C12H21N. The van der Waals surface area contributed by atoms with E-state index in [1.165, 1.54) is 32.4 Å². The van der Waals surface area contributed by atoms with Gasteiger partial charge in [-0.25, -0.2) is 0 Å². The van der Waals surface area contributed by atoms with Gasteiger partial charge in [0.2, 0.25) is 0 Å². The van der Waals surface area contributed by atoms with Gasteiger partial charge in [-0.05, 0) is 32.4 Å². The summed E-state index contributed by atoms with van der Waals surface area (Å²) >= 11 is 0. The minimum atomic E-state index is 0.742. The van der Waals surface area contributed by atoms with E-state index in [4.69, 9.17) is 0 Å². The molecule has 1 heteroatoms. The predicted octanol–water partition coefficient (Wildman–Crippen LogP) is 2.85. The highest BCUT2D eigenvalue weighted by molar-refractivity contribution is 5.11. The topological polar surface area (TPSA) is 3.24 Å². The molecule has 0 N–H and O–H groups in total. The molecular weight excluding hydrogens is 158 g/mol. The average molecular weight is 179 g/mol. The largest absolute Gasteiger partial charge is 0.306 e. The third kappa shape index (κ3) is 4.28. The van der Waals surface area contributed by atoms with Crippen LogP contribution in [0.3, 0.4) is 0 Å². The van der Waals surface area contributed by atoms with Crippen molar-refractivity contribution in [2.24, 2.45) is 5.92 Å². The molecule has 1 aliphatic carbocycles. The minimum Gasteiger partial charge on any atom is -0.306 e. The molecule has 0 aromatic heterocycles. The van der Waals surface area contributed by atoms with Crippen molar-refractivity contribution >= 4 is 0 Å². The molecule has 0 aliphatic heterocycles. The molecule has 0 spiro atoms. The molecule has 13 heavy (non-hydrogen) atoms. The van der Waals surface area contributed by atoms with Gasteiger partial charge in [0.05, 0.1) is 0 Å². The lowest BCUT2D eigenvalue weighted by atomic mass is 10.0. The third-order valence-corrected chi connectivity index (χ3v) is 2.51. The second kappa shape index (κ2) is 5.98. The second-order valence-electron chi connectivity index (χ2n) is 3.92. The summed E-state index contributed by atoms with van der Waals surface area (Å²) in [7, 11) is 2.22. The summed E-state index contributed by atoms with van der Waals surface area (Å²) in [5, 5.41) is 0. The highest BCUT2D eigenvalue weighted by Gasteiger charge is 2.07. The Labute approximate surface area is 82.1 Å². The first-order valence-corrected chi connectivity index (χ1v) is 5.34. The normalized spacial score (nSPS) is 21.3. The fraction of sp³-hybridized carbons (Fsp3) is 0.667. The summed E-state index contributed by atoms with van der Waals surface area (Å²) in [5.41, 5.74) is 0. The monoisotopic (exact) mass is 179 g/mol. The molecule has 0 aromatic rings. The van der Waals surface area contributed by atoms with Crippen molar-refractivity contribution in [3.63, 3.8) is 0 Å². The maximum Gasteiger partial charge on any atom is 0.00444 e. The summed E-state index contributed by atoms with van der Waals surface area (Å²) in [6.07, 6.45) is 12.7. The Morgan fingerprint density at radius 3 is 2.85 bits per heavy atom. The summed E-state index contributed by atoms with van der Waals surface area (Å²) in [5.74, 6) is 0.742. The van der Waals surface area contributed by atoms with Gasteiger partial charge in [-0.2, -0.15) is 0 Å². The van der Waals surface area contributed by atoms with Crippen molar-refractivity contribution in [3.05, 3.63) is 24.3 Å². The number of nitrogens with zero attached hydrogens (tertiary/aromatic N) is 1. The molecule has 1 aliphatic rings. The van der Waals surface area contributed by atoms with Gasteiger partial charge in [-0.1, -0.05) is 37.6 Å². The molecule has 1 rings (SSSR count). The lowest BCUT2D eigenvalue weighted by Crippen LogP contribution is -2.26. The van der Waals surface area contributed by atoms with Crippen LogP contribution in [0.4, 0.5) is 0 Å². The van der Waals surface area contributed by atoms with E-state index in [9.17, 15) is 0 Å². The highest BCUT2D eigenvalue weighted by atomic mass is 15.1. The molecule has 1 unspecified atom stereocenters. The molecule has 0 saturated carbocycles. The van der Waals surface area contributed by atoms with Crippen LogP contribution in [0, 0.1) is 5.92 Å². The van der Waals surface area contributed by atoms with Gasteiger partial charge >= 0.3 is 0 Å². The van der Waals surface area contributed by atoms with E-state index in [1.807, 2.05) is 0 Å². The Morgan fingerprint density at radius 2 is 2.23 bits per heavy atom. The van der Waals surface area contributed by atoms with Crippen molar-refractivity contribution in [3.8, 4) is 0 Å². The van der Waals surface area contributed by atoms with E-state index < -0.39 is 0 Å². The first-order chi connectivity index (χ1) is 6.33. The van der Waals surface area contributed by atoms with Gasteiger partial charge in [-0.3, -0.25) is 0 Å². The summed E-state index contributed by atoms with van der Waals surface area (Å²) in [4.78, 5) is 2.44. The van der Waals surface area contributed by atoms with Gasteiger partial charge in [0.15, 0.2) is 0 Å². The molecule has 1 nitrogen and oxygen atoms in total. The van der Waals surface area contributed by atoms with Crippen LogP contribution >= 0.6 is 0 Å². The van der Waals surface area contributed by atoms with Crippen LogP contribution in [-0.2, 0) is 0 Å². The van der Waals surface area contributed by atoms with Crippen LogP contribution in [0.2, 0.25) is 0 Å². The Morgan fingerprint density at radius 1 is 1.38 bits per heavy atom. The number of allylic oxidation sites excluding steroid dienone is 3. The zero-order valence-electron chi connectivity index (χ0n) is 8.87. The van der Waals surface area contributed by atoms with Gasteiger partial charge in [-0.15, -0.1) is 0 Å². The maximum atomic E-state index is 2.44. The average Bonchev–Trinajstić information content (AvgIpc) is 2.16. The smallest absolute Gasteiger partial charge is 0.00444 e. The Balaban J connectivity index is 2.16. The van der Waals surface area contributed by atoms with Crippen molar-refractivity contribution in [1.82, 2.24) is 4.90 Å². The fourth-order valence-corrected chi connectivity index (χ4v) is 1.69. The van der Waals surface area contributed by atoms with Crippen LogP contribution < -0.4 is 0 Å². The second-order valence-corrected chi connectivity index (χ2v) is 3.92. The van der Waals surface area contributed by atoms with E-state index in [0.29, 0.717) is 0 Å². The third-order valence-electron chi connectivity index (χ3n) is 2.51. The van der Waals surface area contributed by atoms with E-state index >= 15 is 0 Å². The molecule has 0 fully saturated rings. The van der Waals surface area contributed by atoms with Gasteiger partial charge in [0, 0.05) is 6.54 Å². The molecule has 74 valence electrons. The van der Waals surface area contributed by atoms with E-state index in [0.717, 1.165) is 5.92 Å². The standard InChI is InChI=1S/C12H21N/c1-3-4-10-13(2)11-12-8-6-5-7-9-12/h5-8,12H,3-4,9-11H2,1-2H3. The van der Waals surface area contributed by atoms with Crippen LogP contribution in [-0.4, -0.2) is 25.0 Å². The van der Waals surface area contributed by atoms with Crippen LogP contribution in [0.5, 0.6) is 0 Å². The van der Waals surface area contributed by atoms with Crippen molar-refractivity contribution < 1.29 is 0 Å². The molecule has 0 bridgehead atoms. The lowest BCUT2D eigenvalue weighted by Gasteiger charge is -2.21. The van der Waals surface area contributed by atoms with Crippen molar-refractivity contribution in [2.75, 3.05) is 20.1 Å². The van der Waals surface area contributed by atoms with Crippen LogP contribution in [0.25, 0.3) is 0 Å². The number of hydrogen-bond acceptors (Lipinski definition) is 1. The van der Waals surface area contributed by atoms with Crippen LogP contribution in [0.1, 0.15) is 26.2 Å². The van der Waals surface area contributed by atoms with Gasteiger partial charge < -0.3 is 4.90 Å². The van der Waals surface area contributed by atoms with E-state index in [-0.39, 0.29) is 0 Å². The quantitative estimate of drug-likeness (QED) is 0.627.